The zero-order chi connectivity index (χ0) is 12.3. The molecule has 0 amide bonds. The van der Waals surface area contributed by atoms with Crippen LogP contribution in [-0.4, -0.2) is 22.6 Å². The van der Waals surface area contributed by atoms with Gasteiger partial charge >= 0.3 is 0 Å². The molecule has 1 saturated carbocycles. The third kappa shape index (κ3) is 2.87. The molecule has 0 spiro atoms. The highest BCUT2D eigenvalue weighted by Crippen LogP contribution is 2.32. The standard InChI is InChI=1S/C12H17N3O2/c1-8-4-6-14-12(10(8)11(13)15-16)17-7-5-9-2-3-9/h4,6,9,16H,2-3,5,7H2,1H3,(H2,13,15). The van der Waals surface area contributed by atoms with E-state index in [9.17, 15) is 0 Å². The number of pyridine rings is 1. The summed E-state index contributed by atoms with van der Waals surface area (Å²) in [5.41, 5.74) is 7.08. The zero-order valence-electron chi connectivity index (χ0n) is 9.89. The topological polar surface area (TPSA) is 80.7 Å². The lowest BCUT2D eigenvalue weighted by Crippen LogP contribution is -2.17. The normalized spacial score (nSPS) is 15.9. The molecule has 1 aliphatic carbocycles. The molecule has 5 heteroatoms. The molecule has 0 atom stereocenters. The Hall–Kier alpha value is -1.78. The lowest BCUT2D eigenvalue weighted by Gasteiger charge is -2.11. The van der Waals surface area contributed by atoms with Gasteiger partial charge in [-0.3, -0.25) is 0 Å². The van der Waals surface area contributed by atoms with Gasteiger partial charge in [0, 0.05) is 6.20 Å². The molecule has 0 radical (unpaired) electrons. The first kappa shape index (κ1) is 11.7. The number of ether oxygens (including phenoxy) is 1. The molecule has 1 aromatic heterocycles. The van der Waals surface area contributed by atoms with Crippen LogP contribution in [0, 0.1) is 12.8 Å². The van der Waals surface area contributed by atoms with Gasteiger partial charge in [0.15, 0.2) is 5.84 Å². The van der Waals surface area contributed by atoms with Crippen molar-refractivity contribution in [3.8, 4) is 5.88 Å². The molecule has 1 heterocycles. The fraction of sp³-hybridized carbons (Fsp3) is 0.500. The fourth-order valence-corrected chi connectivity index (χ4v) is 1.73. The van der Waals surface area contributed by atoms with Gasteiger partial charge in [-0.05, 0) is 30.9 Å². The van der Waals surface area contributed by atoms with Crippen LogP contribution in [0.2, 0.25) is 0 Å². The van der Waals surface area contributed by atoms with Crippen molar-refractivity contribution in [2.75, 3.05) is 6.61 Å². The van der Waals surface area contributed by atoms with E-state index in [1.807, 2.05) is 6.92 Å². The van der Waals surface area contributed by atoms with Crippen LogP contribution in [0.1, 0.15) is 30.4 Å². The van der Waals surface area contributed by atoms with Crippen molar-refractivity contribution in [2.45, 2.75) is 26.2 Å². The van der Waals surface area contributed by atoms with Crippen molar-refractivity contribution in [2.24, 2.45) is 16.8 Å². The van der Waals surface area contributed by atoms with E-state index in [-0.39, 0.29) is 5.84 Å². The van der Waals surface area contributed by atoms with Crippen molar-refractivity contribution in [1.29, 1.82) is 0 Å². The molecule has 0 aliphatic heterocycles. The molecule has 0 aromatic carbocycles. The van der Waals surface area contributed by atoms with Crippen LogP contribution in [0.5, 0.6) is 5.88 Å². The monoisotopic (exact) mass is 235 g/mol. The predicted molar refractivity (Wildman–Crippen MR) is 64.3 cm³/mol. The minimum atomic E-state index is 0.0389. The molecule has 17 heavy (non-hydrogen) atoms. The van der Waals surface area contributed by atoms with Crippen LogP contribution < -0.4 is 10.5 Å². The number of aromatic nitrogens is 1. The van der Waals surface area contributed by atoms with E-state index in [4.69, 9.17) is 15.7 Å². The van der Waals surface area contributed by atoms with Crippen molar-refractivity contribution in [3.63, 3.8) is 0 Å². The number of amidine groups is 1. The van der Waals surface area contributed by atoms with Crippen molar-refractivity contribution < 1.29 is 9.94 Å². The van der Waals surface area contributed by atoms with Crippen molar-refractivity contribution in [3.05, 3.63) is 23.4 Å². The fourth-order valence-electron chi connectivity index (χ4n) is 1.73. The highest BCUT2D eigenvalue weighted by molar-refractivity contribution is 6.00. The zero-order valence-corrected chi connectivity index (χ0v) is 9.89. The number of hydrogen-bond donors (Lipinski definition) is 2. The molecule has 92 valence electrons. The highest BCUT2D eigenvalue weighted by Gasteiger charge is 2.21. The molecule has 2 rings (SSSR count). The molecule has 1 aromatic rings. The third-order valence-corrected chi connectivity index (χ3v) is 2.95. The summed E-state index contributed by atoms with van der Waals surface area (Å²) in [6.07, 6.45) is 5.32. The van der Waals surface area contributed by atoms with Crippen LogP contribution in [0.4, 0.5) is 0 Å². The maximum Gasteiger partial charge on any atom is 0.224 e. The quantitative estimate of drug-likeness (QED) is 0.352. The van der Waals surface area contributed by atoms with E-state index >= 15 is 0 Å². The summed E-state index contributed by atoms with van der Waals surface area (Å²) in [5.74, 6) is 1.30. The molecule has 3 N–H and O–H groups in total. The second-order valence-corrected chi connectivity index (χ2v) is 4.37. The van der Waals surface area contributed by atoms with Gasteiger partial charge in [-0.15, -0.1) is 0 Å². The van der Waals surface area contributed by atoms with Crippen LogP contribution in [-0.2, 0) is 0 Å². The van der Waals surface area contributed by atoms with E-state index in [0.29, 0.717) is 18.1 Å². The Kier molecular flexibility index (Phi) is 3.46. The number of nitrogens with zero attached hydrogens (tertiary/aromatic N) is 2. The number of hydrogen-bond acceptors (Lipinski definition) is 4. The van der Waals surface area contributed by atoms with Gasteiger partial charge in [-0.1, -0.05) is 18.0 Å². The molecular weight excluding hydrogens is 218 g/mol. The molecule has 1 fully saturated rings. The second-order valence-electron chi connectivity index (χ2n) is 4.37. The lowest BCUT2D eigenvalue weighted by atomic mass is 10.1. The van der Waals surface area contributed by atoms with Crippen LogP contribution in [0.15, 0.2) is 17.4 Å². The van der Waals surface area contributed by atoms with Crippen LogP contribution in [0.25, 0.3) is 0 Å². The summed E-state index contributed by atoms with van der Waals surface area (Å²) >= 11 is 0. The largest absolute Gasteiger partial charge is 0.477 e. The summed E-state index contributed by atoms with van der Waals surface area (Å²) in [7, 11) is 0. The number of rotatable bonds is 5. The Morgan fingerprint density at radius 3 is 3.06 bits per heavy atom. The first-order valence-corrected chi connectivity index (χ1v) is 5.78. The van der Waals surface area contributed by atoms with Gasteiger partial charge in [0.1, 0.15) is 0 Å². The van der Waals surface area contributed by atoms with E-state index in [0.717, 1.165) is 17.9 Å². The Morgan fingerprint density at radius 2 is 2.41 bits per heavy atom. The Bertz CT molecular complexity index is 428. The molecule has 5 nitrogen and oxygen atoms in total. The van der Waals surface area contributed by atoms with Crippen LogP contribution >= 0.6 is 0 Å². The van der Waals surface area contributed by atoms with Crippen molar-refractivity contribution in [1.82, 2.24) is 4.98 Å². The minimum Gasteiger partial charge on any atom is -0.477 e. The van der Waals surface area contributed by atoms with Gasteiger partial charge in [0.2, 0.25) is 5.88 Å². The lowest BCUT2D eigenvalue weighted by molar-refractivity contribution is 0.289. The summed E-state index contributed by atoms with van der Waals surface area (Å²) in [5, 5.41) is 11.8. The maximum atomic E-state index is 8.74. The second kappa shape index (κ2) is 5.03. The Morgan fingerprint density at radius 1 is 1.65 bits per heavy atom. The summed E-state index contributed by atoms with van der Waals surface area (Å²) < 4.78 is 5.61. The SMILES string of the molecule is Cc1ccnc(OCCC2CC2)c1/C(N)=N/O. The van der Waals surface area contributed by atoms with Crippen molar-refractivity contribution >= 4 is 5.84 Å². The number of aryl methyl sites for hydroxylation is 1. The number of nitrogens with two attached hydrogens (primary N) is 1. The maximum absolute atomic E-state index is 8.74. The van der Waals surface area contributed by atoms with Crippen LogP contribution in [0.3, 0.4) is 0 Å². The first-order chi connectivity index (χ1) is 8.22. The van der Waals surface area contributed by atoms with Gasteiger partial charge in [0.25, 0.3) is 0 Å². The molecule has 1 aliphatic rings. The molecule has 0 saturated heterocycles. The summed E-state index contributed by atoms with van der Waals surface area (Å²) in [4.78, 5) is 4.13. The first-order valence-electron chi connectivity index (χ1n) is 5.78. The average Bonchev–Trinajstić information content (AvgIpc) is 3.12. The van der Waals surface area contributed by atoms with E-state index in [2.05, 4.69) is 10.1 Å². The van der Waals surface area contributed by atoms with E-state index in [1.165, 1.54) is 12.8 Å². The van der Waals surface area contributed by atoms with Gasteiger partial charge < -0.3 is 15.7 Å². The number of oxime groups is 1. The Labute approximate surface area is 100 Å². The third-order valence-electron chi connectivity index (χ3n) is 2.95. The average molecular weight is 235 g/mol. The molecular formula is C12H17N3O2. The highest BCUT2D eigenvalue weighted by atomic mass is 16.5. The summed E-state index contributed by atoms with van der Waals surface area (Å²) in [6, 6.07) is 1.81. The van der Waals surface area contributed by atoms with E-state index in [1.54, 1.807) is 12.3 Å². The summed E-state index contributed by atoms with van der Waals surface area (Å²) in [6.45, 7) is 2.51. The van der Waals surface area contributed by atoms with Gasteiger partial charge in [0.05, 0.1) is 12.2 Å². The smallest absolute Gasteiger partial charge is 0.224 e. The predicted octanol–water partition coefficient (Wildman–Crippen LogP) is 1.66. The molecule has 0 bridgehead atoms. The Balaban J connectivity index is 2.10. The van der Waals surface area contributed by atoms with E-state index < -0.39 is 0 Å². The van der Waals surface area contributed by atoms with Gasteiger partial charge in [-0.2, -0.15) is 0 Å². The van der Waals surface area contributed by atoms with Gasteiger partial charge in [-0.25, -0.2) is 4.98 Å². The minimum absolute atomic E-state index is 0.0389. The molecule has 0 unspecified atom stereocenters.